The fourth-order valence-corrected chi connectivity index (χ4v) is 1.32. The zero-order valence-corrected chi connectivity index (χ0v) is 8.68. The monoisotopic (exact) mass is 210 g/mol. The van der Waals surface area contributed by atoms with E-state index in [2.05, 4.69) is 0 Å². The zero-order valence-electron chi connectivity index (χ0n) is 8.68. The summed E-state index contributed by atoms with van der Waals surface area (Å²) < 4.78 is 5.02. The lowest BCUT2D eigenvalue weighted by molar-refractivity contribution is -0.147. The smallest absolute Gasteiger partial charge is 0.333 e. The average molecular weight is 210 g/mol. The lowest BCUT2D eigenvalue weighted by Crippen LogP contribution is -2.25. The highest BCUT2D eigenvalue weighted by molar-refractivity contribution is 5.73. The predicted octanol–water partition coefficient (Wildman–Crippen LogP) is 1.24. The van der Waals surface area contributed by atoms with Gasteiger partial charge in [0.2, 0.25) is 0 Å². The number of hydrogen-bond acceptors (Lipinski definition) is 3. The second-order valence-corrected chi connectivity index (χ2v) is 3.35. The van der Waals surface area contributed by atoms with Gasteiger partial charge in [-0.3, -0.25) is 0 Å². The van der Waals surface area contributed by atoms with Crippen LogP contribution in [0.2, 0.25) is 0 Å². The Morgan fingerprint density at radius 2 is 2.13 bits per heavy atom. The second-order valence-electron chi connectivity index (χ2n) is 3.35. The number of rotatable bonds is 4. The molecule has 0 fully saturated rings. The normalized spacial score (nSPS) is 14.3. The third kappa shape index (κ3) is 2.70. The molecule has 0 aliphatic carbocycles. The molecule has 1 aromatic rings. The molecule has 0 aromatic heterocycles. The molecule has 1 aromatic carbocycles. The largest absolute Gasteiger partial charge is 0.497 e. The predicted molar refractivity (Wildman–Crippen MR) is 55.1 cm³/mol. The highest BCUT2D eigenvalue weighted by Gasteiger charge is 2.23. The van der Waals surface area contributed by atoms with Gasteiger partial charge in [0.25, 0.3) is 0 Å². The van der Waals surface area contributed by atoms with E-state index < -0.39 is 18.0 Å². The van der Waals surface area contributed by atoms with Gasteiger partial charge in [-0.1, -0.05) is 19.1 Å². The van der Waals surface area contributed by atoms with Crippen LogP contribution >= 0.6 is 0 Å². The van der Waals surface area contributed by atoms with E-state index in [1.807, 2.05) is 0 Å². The number of carboxylic acids is 1. The number of ether oxygens (including phenoxy) is 1. The summed E-state index contributed by atoms with van der Waals surface area (Å²) in [5.74, 6) is -1.03. The number of carbonyl (C=O) groups is 1. The summed E-state index contributed by atoms with van der Waals surface area (Å²) in [4.78, 5) is 10.6. The molecule has 0 saturated carbocycles. The van der Waals surface area contributed by atoms with Crippen LogP contribution in [0.3, 0.4) is 0 Å². The Kier molecular flexibility index (Phi) is 3.68. The Morgan fingerprint density at radius 3 is 2.67 bits per heavy atom. The number of aliphatic hydroxyl groups excluding tert-OH is 1. The minimum atomic E-state index is -1.39. The topological polar surface area (TPSA) is 66.8 Å². The maximum absolute atomic E-state index is 10.6. The van der Waals surface area contributed by atoms with Crippen molar-refractivity contribution in [3.8, 4) is 5.75 Å². The molecule has 0 saturated heterocycles. The third-order valence-electron chi connectivity index (χ3n) is 2.35. The number of benzene rings is 1. The van der Waals surface area contributed by atoms with Crippen LogP contribution in [0.4, 0.5) is 0 Å². The Bertz CT molecular complexity index is 348. The number of aliphatic hydroxyl groups is 1. The van der Waals surface area contributed by atoms with E-state index in [-0.39, 0.29) is 0 Å². The molecule has 4 nitrogen and oxygen atoms in total. The van der Waals surface area contributed by atoms with E-state index in [1.165, 1.54) is 7.11 Å². The van der Waals surface area contributed by atoms with E-state index >= 15 is 0 Å². The van der Waals surface area contributed by atoms with Gasteiger partial charge in [-0.05, 0) is 17.7 Å². The first-order valence-corrected chi connectivity index (χ1v) is 4.61. The molecule has 82 valence electrons. The van der Waals surface area contributed by atoms with Crippen LogP contribution in [0.25, 0.3) is 0 Å². The molecule has 0 aliphatic rings. The zero-order chi connectivity index (χ0) is 11.4. The molecule has 0 radical (unpaired) electrons. The molecule has 2 atom stereocenters. The van der Waals surface area contributed by atoms with Crippen molar-refractivity contribution in [3.05, 3.63) is 29.8 Å². The summed E-state index contributed by atoms with van der Waals surface area (Å²) in [5.41, 5.74) is 0.740. The quantitative estimate of drug-likeness (QED) is 0.784. The summed E-state index contributed by atoms with van der Waals surface area (Å²) in [5, 5.41) is 18.0. The Morgan fingerprint density at radius 1 is 1.47 bits per heavy atom. The first kappa shape index (κ1) is 11.5. The van der Waals surface area contributed by atoms with Gasteiger partial charge in [-0.15, -0.1) is 0 Å². The molecule has 0 aliphatic heterocycles. The van der Waals surface area contributed by atoms with Gasteiger partial charge < -0.3 is 14.9 Å². The van der Waals surface area contributed by atoms with Crippen LogP contribution in [0, 0.1) is 0 Å². The molecule has 0 amide bonds. The minimum absolute atomic E-state index is 0.461. The van der Waals surface area contributed by atoms with Crippen molar-refractivity contribution in [1.82, 2.24) is 0 Å². The standard InChI is InChI=1S/C11H14O4/c1-7(10(12)11(13)14)8-4-3-5-9(6-8)15-2/h3-7,10,12H,1-2H3,(H,13,14). The molecule has 0 heterocycles. The van der Waals surface area contributed by atoms with E-state index in [4.69, 9.17) is 9.84 Å². The Hall–Kier alpha value is -1.55. The molecule has 2 unspecified atom stereocenters. The number of hydrogen-bond donors (Lipinski definition) is 2. The Labute approximate surface area is 88.1 Å². The van der Waals surface area contributed by atoms with Crippen molar-refractivity contribution in [2.75, 3.05) is 7.11 Å². The van der Waals surface area contributed by atoms with Gasteiger partial charge in [-0.2, -0.15) is 0 Å². The van der Waals surface area contributed by atoms with Crippen molar-refractivity contribution >= 4 is 5.97 Å². The summed E-state index contributed by atoms with van der Waals surface area (Å²) in [6.07, 6.45) is -1.39. The van der Waals surface area contributed by atoms with E-state index in [1.54, 1.807) is 31.2 Å². The summed E-state index contributed by atoms with van der Waals surface area (Å²) in [6, 6.07) is 7.01. The number of methoxy groups -OCH3 is 1. The molecule has 0 bridgehead atoms. The van der Waals surface area contributed by atoms with Gasteiger partial charge in [0.1, 0.15) is 5.75 Å². The lowest BCUT2D eigenvalue weighted by atomic mass is 9.95. The van der Waals surface area contributed by atoms with Gasteiger partial charge >= 0.3 is 5.97 Å². The summed E-state index contributed by atoms with van der Waals surface area (Å²) in [7, 11) is 1.54. The first-order chi connectivity index (χ1) is 7.06. The molecular formula is C11H14O4. The molecular weight excluding hydrogens is 196 g/mol. The third-order valence-corrected chi connectivity index (χ3v) is 2.35. The van der Waals surface area contributed by atoms with Gasteiger partial charge in [0.15, 0.2) is 6.10 Å². The molecule has 15 heavy (non-hydrogen) atoms. The van der Waals surface area contributed by atoms with Crippen LogP contribution in [0.5, 0.6) is 5.75 Å². The molecule has 1 rings (SSSR count). The average Bonchev–Trinajstić information content (AvgIpc) is 2.27. The summed E-state index contributed by atoms with van der Waals surface area (Å²) >= 11 is 0. The molecule has 0 spiro atoms. The minimum Gasteiger partial charge on any atom is -0.497 e. The van der Waals surface area contributed by atoms with Crippen molar-refractivity contribution in [1.29, 1.82) is 0 Å². The van der Waals surface area contributed by atoms with Crippen LogP contribution in [-0.4, -0.2) is 29.4 Å². The van der Waals surface area contributed by atoms with Crippen molar-refractivity contribution in [2.45, 2.75) is 18.9 Å². The lowest BCUT2D eigenvalue weighted by Gasteiger charge is -2.15. The maximum atomic E-state index is 10.6. The Balaban J connectivity index is 2.90. The fraction of sp³-hybridized carbons (Fsp3) is 0.364. The molecule has 2 N–H and O–H groups in total. The van der Waals surface area contributed by atoms with Crippen LogP contribution < -0.4 is 4.74 Å². The number of aliphatic carboxylic acids is 1. The van der Waals surface area contributed by atoms with Crippen molar-refractivity contribution in [2.24, 2.45) is 0 Å². The highest BCUT2D eigenvalue weighted by Crippen LogP contribution is 2.23. The molecule has 4 heteroatoms. The second kappa shape index (κ2) is 4.79. The summed E-state index contributed by atoms with van der Waals surface area (Å²) in [6.45, 7) is 1.66. The van der Waals surface area contributed by atoms with E-state index in [0.717, 1.165) is 5.56 Å². The maximum Gasteiger partial charge on any atom is 0.333 e. The van der Waals surface area contributed by atoms with Gasteiger partial charge in [0, 0.05) is 5.92 Å². The van der Waals surface area contributed by atoms with Crippen molar-refractivity contribution in [3.63, 3.8) is 0 Å². The van der Waals surface area contributed by atoms with E-state index in [0.29, 0.717) is 5.75 Å². The van der Waals surface area contributed by atoms with Gasteiger partial charge in [0.05, 0.1) is 7.11 Å². The highest BCUT2D eigenvalue weighted by atomic mass is 16.5. The van der Waals surface area contributed by atoms with Gasteiger partial charge in [-0.25, -0.2) is 4.79 Å². The number of carboxylic acid groups (broad SMARTS) is 1. The fourth-order valence-electron chi connectivity index (χ4n) is 1.32. The van der Waals surface area contributed by atoms with Crippen molar-refractivity contribution < 1.29 is 19.7 Å². The van der Waals surface area contributed by atoms with E-state index in [9.17, 15) is 9.90 Å². The SMILES string of the molecule is COc1cccc(C(C)C(O)C(=O)O)c1. The van der Waals surface area contributed by atoms with Crippen LogP contribution in [0.1, 0.15) is 18.4 Å². The van der Waals surface area contributed by atoms with Crippen LogP contribution in [0.15, 0.2) is 24.3 Å². The van der Waals surface area contributed by atoms with Crippen LogP contribution in [-0.2, 0) is 4.79 Å². The first-order valence-electron chi connectivity index (χ1n) is 4.61.